The fourth-order valence-corrected chi connectivity index (χ4v) is 1.57. The number of hydrogen-bond acceptors (Lipinski definition) is 4. The monoisotopic (exact) mass is 218 g/mol. The molecule has 2 aromatic rings. The van der Waals surface area contributed by atoms with Crippen molar-refractivity contribution >= 4 is 0 Å². The molecular formula is C11H14N4O. The Morgan fingerprint density at radius 2 is 2.00 bits per heavy atom. The molecule has 0 spiro atoms. The molecule has 0 saturated carbocycles. The van der Waals surface area contributed by atoms with E-state index in [0.29, 0.717) is 6.54 Å². The second-order valence-electron chi connectivity index (χ2n) is 3.59. The standard InChI is InChI=1S/C11H14N4O/c1-8-11(6-7-12)13-14-15(8)9-2-4-10(16)5-3-9/h2-5,16H,6-7,12H2,1H3. The van der Waals surface area contributed by atoms with Crippen LogP contribution < -0.4 is 5.73 Å². The average molecular weight is 218 g/mol. The molecule has 84 valence electrons. The van der Waals surface area contributed by atoms with Crippen molar-refractivity contribution < 1.29 is 5.11 Å². The third kappa shape index (κ3) is 1.90. The van der Waals surface area contributed by atoms with Gasteiger partial charge in [-0.25, -0.2) is 4.68 Å². The molecule has 0 unspecified atom stereocenters. The van der Waals surface area contributed by atoms with Crippen LogP contribution in [0.3, 0.4) is 0 Å². The van der Waals surface area contributed by atoms with Crippen LogP contribution in [0.5, 0.6) is 5.75 Å². The minimum Gasteiger partial charge on any atom is -0.508 e. The smallest absolute Gasteiger partial charge is 0.115 e. The van der Waals surface area contributed by atoms with Crippen molar-refractivity contribution in [3.63, 3.8) is 0 Å². The van der Waals surface area contributed by atoms with Gasteiger partial charge in [-0.1, -0.05) is 5.21 Å². The van der Waals surface area contributed by atoms with Gasteiger partial charge in [-0.3, -0.25) is 0 Å². The lowest BCUT2D eigenvalue weighted by Gasteiger charge is -2.03. The van der Waals surface area contributed by atoms with Gasteiger partial charge in [-0.2, -0.15) is 0 Å². The first-order valence-corrected chi connectivity index (χ1v) is 5.13. The predicted octanol–water partition coefficient (Wildman–Crippen LogP) is 0.783. The van der Waals surface area contributed by atoms with E-state index in [-0.39, 0.29) is 5.75 Å². The number of hydrogen-bond donors (Lipinski definition) is 2. The van der Waals surface area contributed by atoms with Gasteiger partial charge in [0.2, 0.25) is 0 Å². The van der Waals surface area contributed by atoms with Crippen molar-refractivity contribution in [2.75, 3.05) is 6.54 Å². The minimum atomic E-state index is 0.240. The Hall–Kier alpha value is -1.88. The Labute approximate surface area is 93.5 Å². The summed E-state index contributed by atoms with van der Waals surface area (Å²) in [5.41, 5.74) is 8.26. The van der Waals surface area contributed by atoms with E-state index in [2.05, 4.69) is 10.3 Å². The van der Waals surface area contributed by atoms with Gasteiger partial charge in [-0.05, 0) is 37.7 Å². The molecule has 1 aromatic carbocycles. The molecule has 0 atom stereocenters. The summed E-state index contributed by atoms with van der Waals surface area (Å²) >= 11 is 0. The Morgan fingerprint density at radius 3 is 2.62 bits per heavy atom. The van der Waals surface area contributed by atoms with Crippen LogP contribution in [0.1, 0.15) is 11.4 Å². The van der Waals surface area contributed by atoms with Gasteiger partial charge in [-0.15, -0.1) is 5.10 Å². The predicted molar refractivity (Wildman–Crippen MR) is 60.5 cm³/mol. The Kier molecular flexibility index (Phi) is 2.87. The molecule has 5 heteroatoms. The van der Waals surface area contributed by atoms with Crippen molar-refractivity contribution in [1.29, 1.82) is 0 Å². The lowest BCUT2D eigenvalue weighted by Crippen LogP contribution is -2.05. The highest BCUT2D eigenvalue weighted by Gasteiger charge is 2.08. The first-order valence-electron chi connectivity index (χ1n) is 5.13. The molecule has 0 aliphatic rings. The molecule has 2 rings (SSSR count). The normalized spacial score (nSPS) is 10.6. The third-order valence-corrected chi connectivity index (χ3v) is 2.47. The van der Waals surface area contributed by atoms with Crippen molar-refractivity contribution in [1.82, 2.24) is 15.0 Å². The molecule has 0 aliphatic heterocycles. The molecule has 1 aromatic heterocycles. The minimum absolute atomic E-state index is 0.240. The lowest BCUT2D eigenvalue weighted by molar-refractivity contribution is 0.475. The second-order valence-corrected chi connectivity index (χ2v) is 3.59. The SMILES string of the molecule is Cc1c(CCN)nnn1-c1ccc(O)cc1. The van der Waals surface area contributed by atoms with Gasteiger partial charge in [0.05, 0.1) is 17.1 Å². The highest BCUT2D eigenvalue weighted by Crippen LogP contribution is 2.15. The molecule has 1 heterocycles. The molecule has 16 heavy (non-hydrogen) atoms. The number of aromatic nitrogens is 3. The zero-order valence-electron chi connectivity index (χ0n) is 9.09. The fourth-order valence-electron chi connectivity index (χ4n) is 1.57. The van der Waals surface area contributed by atoms with Gasteiger partial charge in [0, 0.05) is 6.42 Å². The van der Waals surface area contributed by atoms with Crippen LogP contribution in [-0.4, -0.2) is 26.6 Å². The van der Waals surface area contributed by atoms with Crippen LogP contribution in [0, 0.1) is 6.92 Å². The zero-order chi connectivity index (χ0) is 11.5. The number of rotatable bonds is 3. The summed E-state index contributed by atoms with van der Waals surface area (Å²) in [6, 6.07) is 6.84. The van der Waals surface area contributed by atoms with Crippen molar-refractivity contribution in [2.24, 2.45) is 5.73 Å². The Morgan fingerprint density at radius 1 is 1.31 bits per heavy atom. The average Bonchev–Trinajstić information content (AvgIpc) is 2.63. The van der Waals surface area contributed by atoms with E-state index in [1.807, 2.05) is 6.92 Å². The molecule has 0 bridgehead atoms. The summed E-state index contributed by atoms with van der Waals surface area (Å²) in [6.07, 6.45) is 0.726. The molecule has 0 saturated heterocycles. The zero-order valence-corrected chi connectivity index (χ0v) is 9.09. The highest BCUT2D eigenvalue weighted by atomic mass is 16.3. The van der Waals surface area contributed by atoms with E-state index in [4.69, 9.17) is 5.73 Å². The first-order chi connectivity index (χ1) is 7.72. The second kappa shape index (κ2) is 4.32. The first kappa shape index (κ1) is 10.6. The van der Waals surface area contributed by atoms with E-state index < -0.39 is 0 Å². The van der Waals surface area contributed by atoms with Crippen LogP contribution in [0.2, 0.25) is 0 Å². The van der Waals surface area contributed by atoms with Gasteiger partial charge < -0.3 is 10.8 Å². The Balaban J connectivity index is 2.37. The number of phenols is 1. The van der Waals surface area contributed by atoms with Gasteiger partial charge in [0.15, 0.2) is 0 Å². The molecule has 0 amide bonds. The van der Waals surface area contributed by atoms with Gasteiger partial charge in [0.1, 0.15) is 5.75 Å². The number of nitrogens with zero attached hydrogens (tertiary/aromatic N) is 3. The molecule has 0 aliphatic carbocycles. The van der Waals surface area contributed by atoms with Crippen LogP contribution >= 0.6 is 0 Å². The highest BCUT2D eigenvalue weighted by molar-refractivity contribution is 5.37. The molecule has 0 radical (unpaired) electrons. The molecule has 3 N–H and O–H groups in total. The summed E-state index contributed by atoms with van der Waals surface area (Å²) in [6.45, 7) is 2.52. The summed E-state index contributed by atoms with van der Waals surface area (Å²) in [7, 11) is 0. The lowest BCUT2D eigenvalue weighted by atomic mass is 10.2. The number of nitrogens with two attached hydrogens (primary N) is 1. The maximum absolute atomic E-state index is 9.20. The third-order valence-electron chi connectivity index (χ3n) is 2.47. The summed E-state index contributed by atoms with van der Waals surface area (Å²) in [5, 5.41) is 17.3. The quantitative estimate of drug-likeness (QED) is 0.798. The molecule has 0 fully saturated rings. The van der Waals surface area contributed by atoms with Crippen LogP contribution in [0.15, 0.2) is 24.3 Å². The van der Waals surface area contributed by atoms with E-state index in [0.717, 1.165) is 23.5 Å². The van der Waals surface area contributed by atoms with E-state index in [1.54, 1.807) is 28.9 Å². The maximum atomic E-state index is 9.20. The van der Waals surface area contributed by atoms with Crippen molar-refractivity contribution in [2.45, 2.75) is 13.3 Å². The van der Waals surface area contributed by atoms with Gasteiger partial charge >= 0.3 is 0 Å². The number of phenolic OH excluding ortho intramolecular Hbond substituents is 1. The van der Waals surface area contributed by atoms with Crippen LogP contribution in [-0.2, 0) is 6.42 Å². The largest absolute Gasteiger partial charge is 0.508 e. The maximum Gasteiger partial charge on any atom is 0.115 e. The number of benzene rings is 1. The van der Waals surface area contributed by atoms with Crippen LogP contribution in [0.4, 0.5) is 0 Å². The topological polar surface area (TPSA) is 77.0 Å². The fraction of sp³-hybridized carbons (Fsp3) is 0.273. The summed E-state index contributed by atoms with van der Waals surface area (Å²) in [4.78, 5) is 0. The van der Waals surface area contributed by atoms with Gasteiger partial charge in [0.25, 0.3) is 0 Å². The van der Waals surface area contributed by atoms with E-state index in [1.165, 1.54) is 0 Å². The summed E-state index contributed by atoms with van der Waals surface area (Å²) < 4.78 is 1.74. The summed E-state index contributed by atoms with van der Waals surface area (Å²) in [5.74, 6) is 0.240. The van der Waals surface area contributed by atoms with E-state index in [9.17, 15) is 5.11 Å². The van der Waals surface area contributed by atoms with E-state index >= 15 is 0 Å². The molecule has 5 nitrogen and oxygen atoms in total. The Bertz CT molecular complexity index is 475. The van der Waals surface area contributed by atoms with Crippen molar-refractivity contribution in [3.8, 4) is 11.4 Å². The number of aromatic hydroxyl groups is 1. The van der Waals surface area contributed by atoms with Crippen LogP contribution in [0.25, 0.3) is 5.69 Å². The molecular weight excluding hydrogens is 204 g/mol. The van der Waals surface area contributed by atoms with Crippen molar-refractivity contribution in [3.05, 3.63) is 35.7 Å².